The predicted octanol–water partition coefficient (Wildman–Crippen LogP) is 10.6. The van der Waals surface area contributed by atoms with E-state index < -0.39 is 41.2 Å². The van der Waals surface area contributed by atoms with Crippen molar-refractivity contribution >= 4 is 55.8 Å². The van der Waals surface area contributed by atoms with Crippen molar-refractivity contribution in [1.29, 1.82) is 0 Å². The number of ether oxygens (including phenoxy) is 1. The minimum Gasteiger partial charge on any atom is -0.381 e. The van der Waals surface area contributed by atoms with Crippen LogP contribution < -0.4 is 15.1 Å². The third-order valence-corrected chi connectivity index (χ3v) is 13.4. The molecule has 2 aliphatic rings. The summed E-state index contributed by atoms with van der Waals surface area (Å²) in [6.07, 6.45) is -4.91. The van der Waals surface area contributed by atoms with E-state index in [-0.39, 0.29) is 49.5 Å². The van der Waals surface area contributed by atoms with E-state index in [4.69, 9.17) is 9.84 Å². The number of anilines is 3. The molecular formula is C52H46BrF5N6O3. The lowest BCUT2D eigenvalue weighted by molar-refractivity contribution is -0.171. The van der Waals surface area contributed by atoms with Crippen LogP contribution in [0.2, 0.25) is 0 Å². The van der Waals surface area contributed by atoms with Gasteiger partial charge in [-0.15, -0.1) is 0 Å². The lowest BCUT2D eigenvalue weighted by Gasteiger charge is -2.37. The molecule has 9 rings (SSSR count). The van der Waals surface area contributed by atoms with Gasteiger partial charge in [-0.1, -0.05) is 107 Å². The number of rotatable bonds is 11. The van der Waals surface area contributed by atoms with Crippen LogP contribution in [0.15, 0.2) is 144 Å². The molecule has 2 saturated heterocycles. The minimum atomic E-state index is -5.26. The van der Waals surface area contributed by atoms with Gasteiger partial charge in [-0.3, -0.25) is 9.59 Å². The molecule has 67 heavy (non-hydrogen) atoms. The molecule has 1 aromatic heterocycles. The van der Waals surface area contributed by atoms with Crippen LogP contribution in [0, 0.1) is 11.6 Å². The molecule has 1 N–H and O–H groups in total. The van der Waals surface area contributed by atoms with Crippen molar-refractivity contribution in [2.24, 2.45) is 0 Å². The first-order chi connectivity index (χ1) is 32.3. The van der Waals surface area contributed by atoms with Crippen LogP contribution in [0.3, 0.4) is 0 Å². The lowest BCUT2D eigenvalue weighted by atomic mass is 9.77. The summed E-state index contributed by atoms with van der Waals surface area (Å²) >= 11 is 3.75. The summed E-state index contributed by atoms with van der Waals surface area (Å²) in [5.74, 6) is -4.31. The van der Waals surface area contributed by atoms with E-state index in [1.165, 1.54) is 24.3 Å². The van der Waals surface area contributed by atoms with Gasteiger partial charge in [0.1, 0.15) is 17.2 Å². The number of amides is 2. The molecule has 0 aliphatic carbocycles. The van der Waals surface area contributed by atoms with E-state index >= 15 is 4.79 Å². The van der Waals surface area contributed by atoms with Crippen molar-refractivity contribution in [3.63, 3.8) is 0 Å². The van der Waals surface area contributed by atoms with E-state index in [9.17, 15) is 26.7 Å². The van der Waals surface area contributed by atoms with Crippen LogP contribution in [-0.2, 0) is 21.5 Å². The zero-order valence-electron chi connectivity index (χ0n) is 36.4. The van der Waals surface area contributed by atoms with Gasteiger partial charge in [0.2, 0.25) is 0 Å². The number of likely N-dealkylation sites (N-methyl/N-ethyl adjacent to an activating group) is 1. The molecule has 6 aromatic carbocycles. The number of carbonyl (C=O) groups excluding carboxylic acids is 2. The van der Waals surface area contributed by atoms with Gasteiger partial charge in [0, 0.05) is 67.0 Å². The van der Waals surface area contributed by atoms with Gasteiger partial charge < -0.3 is 24.8 Å². The molecule has 344 valence electrons. The highest BCUT2D eigenvalue weighted by molar-refractivity contribution is 9.10. The Morgan fingerprint density at radius 1 is 0.761 bits per heavy atom. The van der Waals surface area contributed by atoms with Gasteiger partial charge in [-0.2, -0.15) is 18.3 Å². The minimum absolute atomic E-state index is 0.0557. The zero-order chi connectivity index (χ0) is 46.9. The van der Waals surface area contributed by atoms with Crippen molar-refractivity contribution in [2.45, 2.75) is 37.0 Å². The first-order valence-corrected chi connectivity index (χ1v) is 22.8. The van der Waals surface area contributed by atoms with Gasteiger partial charge >= 0.3 is 12.1 Å². The summed E-state index contributed by atoms with van der Waals surface area (Å²) in [4.78, 5) is 33.7. The Labute approximate surface area is 392 Å². The van der Waals surface area contributed by atoms with Gasteiger partial charge in [0.05, 0.1) is 16.8 Å². The molecule has 7 aromatic rings. The molecular weight excluding hydrogens is 932 g/mol. The number of benzene rings is 6. The molecule has 0 radical (unpaired) electrons. The van der Waals surface area contributed by atoms with Crippen LogP contribution in [-0.4, -0.2) is 85.2 Å². The molecule has 0 atom stereocenters. The lowest BCUT2D eigenvalue weighted by Crippen LogP contribution is -2.50. The Morgan fingerprint density at radius 3 is 1.88 bits per heavy atom. The third kappa shape index (κ3) is 9.19. The molecule has 0 saturated carbocycles. The van der Waals surface area contributed by atoms with E-state index in [1.54, 1.807) is 12.1 Å². The number of halogens is 6. The Morgan fingerprint density at radius 2 is 1.33 bits per heavy atom. The van der Waals surface area contributed by atoms with Crippen molar-refractivity contribution < 1.29 is 36.3 Å². The number of piperazine rings is 1. The summed E-state index contributed by atoms with van der Waals surface area (Å²) < 4.78 is 81.1. The smallest absolute Gasteiger partial charge is 0.381 e. The van der Waals surface area contributed by atoms with Gasteiger partial charge in [-0.05, 0) is 96.6 Å². The van der Waals surface area contributed by atoms with Crippen molar-refractivity contribution in [2.75, 3.05) is 61.6 Å². The zero-order valence-corrected chi connectivity index (χ0v) is 38.0. The average molecular weight is 978 g/mol. The second-order valence-electron chi connectivity index (χ2n) is 16.9. The Balaban J connectivity index is 1.26. The third-order valence-electron chi connectivity index (χ3n) is 12.7. The van der Waals surface area contributed by atoms with Crippen LogP contribution in [0.25, 0.3) is 10.9 Å². The maximum Gasteiger partial charge on any atom is 0.471 e. The molecule has 15 heteroatoms. The molecule has 2 amide bonds. The fourth-order valence-electron chi connectivity index (χ4n) is 9.40. The highest BCUT2D eigenvalue weighted by Crippen LogP contribution is 2.45. The number of alkyl halides is 3. The molecule has 2 fully saturated rings. The molecule has 3 heterocycles. The highest BCUT2D eigenvalue weighted by atomic mass is 79.9. The monoisotopic (exact) mass is 976 g/mol. The van der Waals surface area contributed by atoms with Crippen molar-refractivity contribution in [1.82, 2.24) is 14.7 Å². The number of aromatic nitrogens is 2. The Hall–Kier alpha value is -6.42. The topological polar surface area (TPSA) is 82.9 Å². The maximum absolute atomic E-state index is 15.1. The SMILES string of the molecule is CN1CCN(c2ccc(C(=O)Nc3nn(C(c4ccccc4)(c4ccccc4)c4ccccc4)c4cc(Br)c(Cc5cc(F)cc(F)c5)cc34)c(N(C(=O)C(F)(F)F)C3CCOCC3)c2)CC1. The standard InChI is InChI=1S/C52H46BrF5N6O3/c1-61-21-23-62(24-22-61)42-17-18-43(46(32-42)63(50(66)52(56,57)58)41-19-25-67-26-20-41)49(65)59-48-44-30-35(27-34-28-39(54)31-40(55)29-34)45(53)33-47(44)64(60-48)51(36-11-5-2-6-12-36,37-13-7-3-8-14-37)38-15-9-4-10-16-38/h2-18,28-33,41H,19-27H2,1H3,(H,59,60,65). The number of hydrogen-bond donors (Lipinski definition) is 1. The summed E-state index contributed by atoms with van der Waals surface area (Å²) in [6.45, 7) is 2.87. The Kier molecular flexibility index (Phi) is 13.0. The fraction of sp³-hybridized carbons (Fsp3) is 0.250. The largest absolute Gasteiger partial charge is 0.471 e. The molecule has 0 unspecified atom stereocenters. The molecule has 2 aliphatic heterocycles. The number of hydrogen-bond acceptors (Lipinski definition) is 6. The normalized spacial score (nSPS) is 15.2. The fourth-order valence-corrected chi connectivity index (χ4v) is 9.87. The highest BCUT2D eigenvalue weighted by Gasteiger charge is 2.47. The maximum atomic E-state index is 15.1. The second-order valence-corrected chi connectivity index (χ2v) is 17.8. The number of nitrogens with one attached hydrogen (secondary N) is 1. The number of carbonyl (C=O) groups is 2. The quantitative estimate of drug-likeness (QED) is 0.103. The first kappa shape index (κ1) is 45.7. The van der Waals surface area contributed by atoms with E-state index in [2.05, 4.69) is 26.1 Å². The second kappa shape index (κ2) is 19.1. The average Bonchev–Trinajstić information content (AvgIpc) is 3.66. The van der Waals surface area contributed by atoms with Crippen LogP contribution in [0.5, 0.6) is 0 Å². The van der Waals surface area contributed by atoms with Crippen LogP contribution in [0.4, 0.5) is 39.1 Å². The summed E-state index contributed by atoms with van der Waals surface area (Å²) in [6, 6.07) is 39.9. The number of fused-ring (bicyclic) bond motifs is 1. The summed E-state index contributed by atoms with van der Waals surface area (Å²) in [5, 5.41) is 8.68. The van der Waals surface area contributed by atoms with Crippen LogP contribution >= 0.6 is 15.9 Å². The van der Waals surface area contributed by atoms with Gasteiger partial charge in [0.15, 0.2) is 5.82 Å². The van der Waals surface area contributed by atoms with Crippen LogP contribution in [0.1, 0.15) is 51.0 Å². The van der Waals surface area contributed by atoms with E-state index in [0.717, 1.165) is 27.7 Å². The van der Waals surface area contributed by atoms with E-state index in [1.807, 2.05) is 114 Å². The van der Waals surface area contributed by atoms with Gasteiger partial charge in [0.25, 0.3) is 5.91 Å². The summed E-state index contributed by atoms with van der Waals surface area (Å²) in [5.41, 5.74) is 3.00. The van der Waals surface area contributed by atoms with Crippen molar-refractivity contribution in [3.8, 4) is 0 Å². The molecule has 0 bridgehead atoms. The van der Waals surface area contributed by atoms with E-state index in [0.29, 0.717) is 58.4 Å². The molecule has 9 nitrogen and oxygen atoms in total. The number of nitrogens with zero attached hydrogens (tertiary/aromatic N) is 5. The first-order valence-electron chi connectivity index (χ1n) is 22.0. The van der Waals surface area contributed by atoms with Gasteiger partial charge in [-0.25, -0.2) is 13.5 Å². The molecule has 0 spiro atoms. The van der Waals surface area contributed by atoms with Crippen molar-refractivity contribution in [3.05, 3.63) is 189 Å². The predicted molar refractivity (Wildman–Crippen MR) is 253 cm³/mol. The Bertz CT molecular complexity index is 2790. The summed E-state index contributed by atoms with van der Waals surface area (Å²) in [7, 11) is 1.99.